The molecule has 12 heteroatoms. The van der Waals surface area contributed by atoms with Crippen molar-refractivity contribution in [1.29, 1.82) is 0 Å². The fraction of sp³-hybridized carbons (Fsp3) is 0.407. The van der Waals surface area contributed by atoms with Crippen molar-refractivity contribution in [2.45, 2.75) is 33.2 Å². The SMILES string of the molecule is CC(=O)Nc1cc(C(=O)Nc2cc(C(=O)Nc3cc(C(=O)NCCCN(C)C)n(C)c3)n(C(C)C)c2)n(C)c1. The minimum Gasteiger partial charge on any atom is -0.351 e. The highest BCUT2D eigenvalue weighted by Crippen LogP contribution is 2.23. The van der Waals surface area contributed by atoms with Gasteiger partial charge in [-0.15, -0.1) is 0 Å². The Bertz CT molecular complexity index is 1360. The molecule has 4 amide bonds. The van der Waals surface area contributed by atoms with Gasteiger partial charge < -0.3 is 39.9 Å². The van der Waals surface area contributed by atoms with E-state index in [0.29, 0.717) is 40.7 Å². The highest BCUT2D eigenvalue weighted by atomic mass is 16.2. The minimum absolute atomic E-state index is 0.0583. The van der Waals surface area contributed by atoms with Crippen LogP contribution in [0.25, 0.3) is 0 Å². The van der Waals surface area contributed by atoms with E-state index >= 15 is 0 Å². The van der Waals surface area contributed by atoms with Crippen molar-refractivity contribution in [3.8, 4) is 0 Å². The zero-order chi connectivity index (χ0) is 28.9. The van der Waals surface area contributed by atoms with Crippen LogP contribution in [0.2, 0.25) is 0 Å². The molecule has 0 fully saturated rings. The first-order valence-electron chi connectivity index (χ1n) is 12.7. The number of carbonyl (C=O) groups excluding carboxylic acids is 4. The van der Waals surface area contributed by atoms with Crippen LogP contribution in [0, 0.1) is 0 Å². The molecule has 4 N–H and O–H groups in total. The lowest BCUT2D eigenvalue weighted by molar-refractivity contribution is -0.114. The van der Waals surface area contributed by atoms with E-state index in [9.17, 15) is 19.2 Å². The summed E-state index contributed by atoms with van der Waals surface area (Å²) in [5.41, 5.74) is 2.58. The summed E-state index contributed by atoms with van der Waals surface area (Å²) in [5.74, 6) is -1.20. The summed E-state index contributed by atoms with van der Waals surface area (Å²) in [4.78, 5) is 52.1. The second-order valence-electron chi connectivity index (χ2n) is 10.1. The Balaban J connectivity index is 1.72. The Morgan fingerprint density at radius 2 is 1.26 bits per heavy atom. The molecule has 0 aromatic carbocycles. The molecule has 3 heterocycles. The molecule has 39 heavy (non-hydrogen) atoms. The van der Waals surface area contributed by atoms with Crippen LogP contribution < -0.4 is 21.3 Å². The van der Waals surface area contributed by atoms with Crippen LogP contribution in [0.5, 0.6) is 0 Å². The first-order chi connectivity index (χ1) is 18.3. The Kier molecular flexibility index (Phi) is 9.36. The minimum atomic E-state index is -0.383. The summed E-state index contributed by atoms with van der Waals surface area (Å²) in [6, 6.07) is 4.76. The molecule has 0 unspecified atom stereocenters. The molecule has 0 radical (unpaired) electrons. The van der Waals surface area contributed by atoms with Gasteiger partial charge in [0.05, 0.1) is 17.1 Å². The number of nitrogens with one attached hydrogen (secondary N) is 4. The highest BCUT2D eigenvalue weighted by molar-refractivity contribution is 6.07. The van der Waals surface area contributed by atoms with Gasteiger partial charge in [-0.1, -0.05) is 0 Å². The van der Waals surface area contributed by atoms with Crippen LogP contribution >= 0.6 is 0 Å². The fourth-order valence-corrected chi connectivity index (χ4v) is 4.16. The summed E-state index contributed by atoms with van der Waals surface area (Å²) in [7, 11) is 7.41. The molecular weight excluding hydrogens is 500 g/mol. The molecular formula is C27H38N8O4. The second-order valence-corrected chi connectivity index (χ2v) is 10.1. The normalized spacial score (nSPS) is 11.1. The quantitative estimate of drug-likeness (QED) is 0.279. The zero-order valence-corrected chi connectivity index (χ0v) is 23.6. The third kappa shape index (κ3) is 7.60. The van der Waals surface area contributed by atoms with Gasteiger partial charge >= 0.3 is 0 Å². The van der Waals surface area contributed by atoms with E-state index < -0.39 is 0 Å². The molecule has 0 aliphatic rings. The van der Waals surface area contributed by atoms with Crippen molar-refractivity contribution in [3.05, 3.63) is 53.9 Å². The predicted molar refractivity (Wildman–Crippen MR) is 151 cm³/mol. The van der Waals surface area contributed by atoms with Gasteiger partial charge in [-0.25, -0.2) is 0 Å². The summed E-state index contributed by atoms with van der Waals surface area (Å²) >= 11 is 0. The predicted octanol–water partition coefficient (Wildman–Crippen LogP) is 2.89. The van der Waals surface area contributed by atoms with Crippen LogP contribution in [0.1, 0.15) is 64.7 Å². The molecule has 0 atom stereocenters. The molecule has 0 aliphatic heterocycles. The van der Waals surface area contributed by atoms with Gasteiger partial charge in [0.15, 0.2) is 0 Å². The monoisotopic (exact) mass is 538 g/mol. The van der Waals surface area contributed by atoms with Crippen LogP contribution in [-0.4, -0.2) is 69.4 Å². The summed E-state index contributed by atoms with van der Waals surface area (Å²) in [5, 5.41) is 11.2. The largest absolute Gasteiger partial charge is 0.351 e. The van der Waals surface area contributed by atoms with Crippen LogP contribution in [0.3, 0.4) is 0 Å². The third-order valence-corrected chi connectivity index (χ3v) is 6.02. The maximum atomic E-state index is 13.2. The van der Waals surface area contributed by atoms with E-state index in [2.05, 4.69) is 26.2 Å². The number of hydrogen-bond acceptors (Lipinski definition) is 5. The number of amides is 4. The zero-order valence-electron chi connectivity index (χ0n) is 23.6. The number of anilines is 3. The van der Waals surface area contributed by atoms with Gasteiger partial charge in [-0.05, 0) is 59.1 Å². The molecule has 3 aromatic rings. The van der Waals surface area contributed by atoms with Crippen LogP contribution in [-0.2, 0) is 18.9 Å². The van der Waals surface area contributed by atoms with Crippen molar-refractivity contribution >= 4 is 40.7 Å². The Hall–Kier alpha value is -4.32. The lowest BCUT2D eigenvalue weighted by Gasteiger charge is -2.12. The average Bonchev–Trinajstić information content (AvgIpc) is 3.52. The first-order valence-corrected chi connectivity index (χ1v) is 12.7. The summed E-state index contributed by atoms with van der Waals surface area (Å²) in [6.45, 7) is 6.68. The number of aryl methyl sites for hydroxylation is 2. The van der Waals surface area contributed by atoms with Crippen molar-refractivity contribution in [2.75, 3.05) is 43.1 Å². The number of rotatable bonds is 11. The Morgan fingerprint density at radius 3 is 1.79 bits per heavy atom. The molecule has 0 spiro atoms. The van der Waals surface area contributed by atoms with E-state index in [0.717, 1.165) is 13.0 Å². The molecule has 12 nitrogen and oxygen atoms in total. The van der Waals surface area contributed by atoms with Crippen molar-refractivity contribution in [2.24, 2.45) is 14.1 Å². The Labute approximate surface area is 228 Å². The second kappa shape index (κ2) is 12.5. The number of hydrogen-bond donors (Lipinski definition) is 4. The van der Waals surface area contributed by atoms with Gasteiger partial charge in [0, 0.05) is 52.2 Å². The van der Waals surface area contributed by atoms with Crippen molar-refractivity contribution < 1.29 is 19.2 Å². The molecule has 3 rings (SSSR count). The average molecular weight is 539 g/mol. The maximum Gasteiger partial charge on any atom is 0.272 e. The topological polar surface area (TPSA) is 134 Å². The molecule has 210 valence electrons. The summed E-state index contributed by atoms with van der Waals surface area (Å²) in [6.07, 6.45) is 5.86. The van der Waals surface area contributed by atoms with Gasteiger partial charge in [-0.2, -0.15) is 0 Å². The summed E-state index contributed by atoms with van der Waals surface area (Å²) < 4.78 is 5.04. The molecule has 3 aromatic heterocycles. The number of nitrogens with zero attached hydrogens (tertiary/aromatic N) is 4. The smallest absolute Gasteiger partial charge is 0.272 e. The third-order valence-electron chi connectivity index (χ3n) is 6.02. The molecule has 0 bridgehead atoms. The highest BCUT2D eigenvalue weighted by Gasteiger charge is 2.20. The number of aromatic nitrogens is 3. The Morgan fingerprint density at radius 1 is 0.769 bits per heavy atom. The fourth-order valence-electron chi connectivity index (χ4n) is 4.16. The standard InChI is InChI=1S/C27H38N8O4/c1-17(2)35-16-21(31-26(38)23-11-19(14-34(23)7)29-18(3)36)13-24(35)27(39)30-20-12-22(33(6)15-20)25(37)28-9-8-10-32(4)5/h11-17H,8-10H2,1-7H3,(H,28,37)(H,29,36)(H,30,39)(H,31,38). The van der Waals surface area contributed by atoms with Gasteiger partial charge in [0.25, 0.3) is 17.7 Å². The van der Waals surface area contributed by atoms with Crippen LogP contribution in [0.4, 0.5) is 17.1 Å². The molecule has 0 saturated carbocycles. The van der Waals surface area contributed by atoms with Gasteiger partial charge in [0.1, 0.15) is 17.1 Å². The van der Waals surface area contributed by atoms with Gasteiger partial charge in [-0.3, -0.25) is 19.2 Å². The maximum absolute atomic E-state index is 13.2. The van der Waals surface area contributed by atoms with Crippen molar-refractivity contribution in [3.63, 3.8) is 0 Å². The lowest BCUT2D eigenvalue weighted by Crippen LogP contribution is -2.28. The van der Waals surface area contributed by atoms with E-state index in [1.54, 1.807) is 64.6 Å². The van der Waals surface area contributed by atoms with Crippen molar-refractivity contribution in [1.82, 2.24) is 23.9 Å². The van der Waals surface area contributed by atoms with E-state index in [4.69, 9.17) is 0 Å². The first kappa shape index (κ1) is 29.2. The number of carbonyl (C=O) groups is 4. The van der Waals surface area contributed by atoms with E-state index in [-0.39, 0.29) is 29.7 Å². The lowest BCUT2D eigenvalue weighted by atomic mass is 10.3. The van der Waals surface area contributed by atoms with Crippen LogP contribution in [0.15, 0.2) is 36.8 Å². The molecule has 0 aliphatic carbocycles. The van der Waals surface area contributed by atoms with Gasteiger partial charge in [0.2, 0.25) is 5.91 Å². The molecule has 0 saturated heterocycles. The van der Waals surface area contributed by atoms with E-state index in [1.807, 2.05) is 27.9 Å². The van der Waals surface area contributed by atoms with E-state index in [1.165, 1.54) is 6.92 Å².